The van der Waals surface area contributed by atoms with Gasteiger partial charge in [-0.15, -0.1) is 0 Å². The second-order valence-corrected chi connectivity index (χ2v) is 3.31. The average molecular weight is 186 g/mol. The van der Waals surface area contributed by atoms with Crippen molar-refractivity contribution in [2.75, 3.05) is 24.5 Å². The number of carbonyl (C=O) groups is 1. The van der Waals surface area contributed by atoms with Gasteiger partial charge in [-0.05, 0) is 12.1 Å². The van der Waals surface area contributed by atoms with Crippen LogP contribution in [0.2, 0.25) is 0 Å². The van der Waals surface area contributed by atoms with Gasteiger partial charge in [0.25, 0.3) is 0 Å². The molecule has 1 amide bonds. The second-order valence-electron chi connectivity index (χ2n) is 3.31. The fourth-order valence-corrected chi connectivity index (χ4v) is 1.53. The van der Waals surface area contributed by atoms with Crippen LogP contribution in [-0.4, -0.2) is 33.4 Å². The third-order valence-electron chi connectivity index (χ3n) is 2.29. The Bertz CT molecular complexity index is 336. The van der Waals surface area contributed by atoms with E-state index in [4.69, 9.17) is 7.85 Å². The van der Waals surface area contributed by atoms with Gasteiger partial charge >= 0.3 is 0 Å². The minimum atomic E-state index is 0.112. The Morgan fingerprint density at radius 2 is 2.00 bits per heavy atom. The second kappa shape index (κ2) is 3.84. The Hall–Kier alpha value is -1.29. The minimum Gasteiger partial charge on any atom is -0.310 e. The van der Waals surface area contributed by atoms with Crippen molar-refractivity contribution in [2.45, 2.75) is 0 Å². The Balaban J connectivity index is 2.20. The third-order valence-corrected chi connectivity index (χ3v) is 2.29. The quantitative estimate of drug-likeness (QED) is 0.595. The van der Waals surface area contributed by atoms with Crippen molar-refractivity contribution in [1.82, 2.24) is 5.32 Å². The molecule has 0 saturated carbocycles. The molecule has 0 aliphatic carbocycles. The van der Waals surface area contributed by atoms with Gasteiger partial charge in [0, 0.05) is 18.8 Å². The first kappa shape index (κ1) is 9.28. The number of nitrogens with one attached hydrogen (secondary N) is 1. The topological polar surface area (TPSA) is 32.3 Å². The van der Waals surface area contributed by atoms with E-state index in [1.807, 2.05) is 24.3 Å². The van der Waals surface area contributed by atoms with Gasteiger partial charge in [-0.1, -0.05) is 17.6 Å². The van der Waals surface area contributed by atoms with Crippen molar-refractivity contribution in [2.24, 2.45) is 0 Å². The number of anilines is 1. The molecule has 1 aromatic rings. The van der Waals surface area contributed by atoms with Crippen LogP contribution in [0.15, 0.2) is 24.3 Å². The highest BCUT2D eigenvalue weighted by Crippen LogP contribution is 2.12. The molecule has 0 aromatic heterocycles. The van der Waals surface area contributed by atoms with Gasteiger partial charge in [0.05, 0.1) is 6.54 Å². The summed E-state index contributed by atoms with van der Waals surface area (Å²) in [6, 6.07) is 7.37. The highest BCUT2D eigenvalue weighted by Gasteiger charge is 2.18. The largest absolute Gasteiger partial charge is 0.310 e. The lowest BCUT2D eigenvalue weighted by atomic mass is 9.96. The normalized spacial score (nSPS) is 17.1. The summed E-state index contributed by atoms with van der Waals surface area (Å²) in [5.74, 6) is 0.112. The number of benzene rings is 1. The van der Waals surface area contributed by atoms with Gasteiger partial charge in [0.1, 0.15) is 7.85 Å². The molecule has 1 heterocycles. The molecule has 1 saturated heterocycles. The SMILES string of the molecule is [B]c1ccc(N2CCNCC2=O)cc1. The first-order valence-electron chi connectivity index (χ1n) is 4.64. The van der Waals surface area contributed by atoms with E-state index >= 15 is 0 Å². The molecule has 0 spiro atoms. The fourth-order valence-electron chi connectivity index (χ4n) is 1.53. The van der Waals surface area contributed by atoms with Crippen LogP contribution in [0.25, 0.3) is 0 Å². The predicted molar refractivity (Wildman–Crippen MR) is 57.1 cm³/mol. The van der Waals surface area contributed by atoms with Crippen LogP contribution in [0.3, 0.4) is 0 Å². The molecule has 0 bridgehead atoms. The maximum absolute atomic E-state index is 11.5. The molecule has 3 nitrogen and oxygen atoms in total. The van der Waals surface area contributed by atoms with Crippen LogP contribution >= 0.6 is 0 Å². The van der Waals surface area contributed by atoms with Crippen LogP contribution in [0.5, 0.6) is 0 Å². The summed E-state index contributed by atoms with van der Waals surface area (Å²) in [4.78, 5) is 13.3. The van der Waals surface area contributed by atoms with Gasteiger partial charge in [-0.3, -0.25) is 4.79 Å². The molecule has 2 radical (unpaired) electrons. The molecule has 1 fully saturated rings. The third kappa shape index (κ3) is 1.80. The molecule has 1 aromatic carbocycles. The Kier molecular flexibility index (Phi) is 2.54. The van der Waals surface area contributed by atoms with Crippen molar-refractivity contribution in [3.8, 4) is 0 Å². The van der Waals surface area contributed by atoms with Gasteiger partial charge < -0.3 is 10.2 Å². The standard InChI is InChI=1S/C10H11BN2O/c11-8-1-3-9(4-2-8)13-6-5-12-7-10(13)14/h1-4,12H,5-7H2. The van der Waals surface area contributed by atoms with Crippen molar-refractivity contribution in [1.29, 1.82) is 0 Å². The Morgan fingerprint density at radius 1 is 1.29 bits per heavy atom. The monoisotopic (exact) mass is 186 g/mol. The summed E-state index contributed by atoms with van der Waals surface area (Å²) in [5.41, 5.74) is 1.64. The van der Waals surface area contributed by atoms with E-state index in [0.29, 0.717) is 6.54 Å². The first-order chi connectivity index (χ1) is 6.77. The molecule has 0 unspecified atom stereocenters. The number of hydrogen-bond acceptors (Lipinski definition) is 2. The van der Waals surface area contributed by atoms with E-state index in [9.17, 15) is 4.79 Å². The fraction of sp³-hybridized carbons (Fsp3) is 0.300. The summed E-state index contributed by atoms with van der Waals surface area (Å²) in [6.07, 6.45) is 0. The zero-order chi connectivity index (χ0) is 9.97. The van der Waals surface area contributed by atoms with Gasteiger partial charge in [-0.2, -0.15) is 0 Å². The van der Waals surface area contributed by atoms with Crippen LogP contribution in [0.1, 0.15) is 0 Å². The van der Waals surface area contributed by atoms with Gasteiger partial charge in [0.15, 0.2) is 0 Å². The number of piperazine rings is 1. The number of carbonyl (C=O) groups excluding carboxylic acids is 1. The van der Waals surface area contributed by atoms with E-state index in [2.05, 4.69) is 5.32 Å². The lowest BCUT2D eigenvalue weighted by Crippen LogP contribution is -2.48. The molecular formula is C10H11BN2O. The molecule has 2 rings (SSSR count). The number of amides is 1. The van der Waals surface area contributed by atoms with E-state index < -0.39 is 0 Å². The number of nitrogens with zero attached hydrogens (tertiary/aromatic N) is 1. The van der Waals surface area contributed by atoms with Crippen molar-refractivity contribution in [3.63, 3.8) is 0 Å². The smallest absolute Gasteiger partial charge is 0.240 e. The first-order valence-corrected chi connectivity index (χ1v) is 4.64. The highest BCUT2D eigenvalue weighted by molar-refractivity contribution is 6.32. The van der Waals surface area contributed by atoms with Crippen molar-refractivity contribution >= 4 is 24.9 Å². The average Bonchev–Trinajstić information content (AvgIpc) is 2.20. The summed E-state index contributed by atoms with van der Waals surface area (Å²) in [7, 11) is 5.58. The molecule has 1 N–H and O–H groups in total. The van der Waals surface area contributed by atoms with Crippen LogP contribution in [-0.2, 0) is 4.79 Å². The molecular weight excluding hydrogens is 175 g/mol. The predicted octanol–water partition coefficient (Wildman–Crippen LogP) is -0.583. The van der Waals surface area contributed by atoms with E-state index in [1.54, 1.807) is 4.90 Å². The molecule has 0 atom stereocenters. The zero-order valence-corrected chi connectivity index (χ0v) is 7.86. The van der Waals surface area contributed by atoms with E-state index in [1.165, 1.54) is 0 Å². The molecule has 14 heavy (non-hydrogen) atoms. The lowest BCUT2D eigenvalue weighted by molar-refractivity contribution is -0.118. The molecule has 1 aliphatic rings. The maximum atomic E-state index is 11.5. The van der Waals surface area contributed by atoms with E-state index in [0.717, 1.165) is 24.2 Å². The Morgan fingerprint density at radius 3 is 2.64 bits per heavy atom. The number of hydrogen-bond donors (Lipinski definition) is 1. The molecule has 70 valence electrons. The van der Waals surface area contributed by atoms with Crippen molar-refractivity contribution < 1.29 is 4.79 Å². The van der Waals surface area contributed by atoms with E-state index in [-0.39, 0.29) is 5.91 Å². The molecule has 4 heteroatoms. The maximum Gasteiger partial charge on any atom is 0.240 e. The molecule has 1 aliphatic heterocycles. The van der Waals surface area contributed by atoms with Crippen molar-refractivity contribution in [3.05, 3.63) is 24.3 Å². The summed E-state index contributed by atoms with van der Waals surface area (Å²) >= 11 is 0. The Labute approximate surface area is 84.5 Å². The summed E-state index contributed by atoms with van der Waals surface area (Å²) in [5, 5.41) is 3.03. The van der Waals surface area contributed by atoms with Crippen LogP contribution in [0.4, 0.5) is 5.69 Å². The lowest BCUT2D eigenvalue weighted by Gasteiger charge is -2.27. The zero-order valence-electron chi connectivity index (χ0n) is 7.86. The van der Waals surface area contributed by atoms with Crippen LogP contribution in [0, 0.1) is 0 Å². The van der Waals surface area contributed by atoms with Crippen LogP contribution < -0.4 is 15.7 Å². The summed E-state index contributed by atoms with van der Waals surface area (Å²) in [6.45, 7) is 1.99. The van der Waals surface area contributed by atoms with Gasteiger partial charge in [-0.25, -0.2) is 0 Å². The van der Waals surface area contributed by atoms with Gasteiger partial charge in [0.2, 0.25) is 5.91 Å². The minimum absolute atomic E-state index is 0.112. The highest BCUT2D eigenvalue weighted by atomic mass is 16.2. The number of rotatable bonds is 1. The summed E-state index contributed by atoms with van der Waals surface area (Å²) < 4.78 is 0.